The molecule has 1 saturated carbocycles. The summed E-state index contributed by atoms with van der Waals surface area (Å²) >= 11 is 0. The van der Waals surface area contributed by atoms with Crippen molar-refractivity contribution in [2.75, 3.05) is 46.0 Å². The van der Waals surface area contributed by atoms with Crippen LogP contribution in [-0.4, -0.2) is 79.8 Å². The molecule has 0 aromatic heterocycles. The number of piperidine rings is 1. The molecule has 7 nitrogen and oxygen atoms in total. The van der Waals surface area contributed by atoms with E-state index in [2.05, 4.69) is 4.90 Å². The van der Waals surface area contributed by atoms with Crippen LogP contribution in [0.5, 0.6) is 0 Å². The van der Waals surface area contributed by atoms with Gasteiger partial charge in [0.25, 0.3) is 0 Å². The maximum absolute atomic E-state index is 12.1. The summed E-state index contributed by atoms with van der Waals surface area (Å²) in [6.07, 6.45) is 5.43. The molecule has 0 aromatic carbocycles. The molecule has 4 aliphatic rings. The quantitative estimate of drug-likeness (QED) is 0.777. The van der Waals surface area contributed by atoms with Gasteiger partial charge in [0.1, 0.15) is 5.78 Å². The van der Waals surface area contributed by atoms with Crippen LogP contribution >= 0.6 is 0 Å². The molecule has 1 aliphatic carbocycles. The van der Waals surface area contributed by atoms with Crippen molar-refractivity contribution in [3.63, 3.8) is 0 Å². The molecule has 0 aromatic rings. The van der Waals surface area contributed by atoms with Crippen LogP contribution < -0.4 is 5.73 Å². The SMILES string of the molecule is CCOC(=O)N1CCC2(CC(N3CCC(=O)CC3CC3(CN)COC3)C2)C1. The van der Waals surface area contributed by atoms with E-state index >= 15 is 0 Å². The standard InChI is InChI=1S/C20H33N3O4/c1-2-27-18(25)22-6-4-19(12-22)9-16(10-19)23-5-3-17(24)7-15(23)8-20(11-21)13-26-14-20/h15-16H,2-14,21H2,1H3. The first-order valence-corrected chi connectivity index (χ1v) is 10.5. The lowest BCUT2D eigenvalue weighted by atomic mass is 9.63. The van der Waals surface area contributed by atoms with E-state index in [4.69, 9.17) is 15.2 Å². The summed E-state index contributed by atoms with van der Waals surface area (Å²) in [6, 6.07) is 0.824. The van der Waals surface area contributed by atoms with Crippen LogP contribution in [0.2, 0.25) is 0 Å². The third-order valence-corrected chi connectivity index (χ3v) is 7.27. The van der Waals surface area contributed by atoms with Gasteiger partial charge >= 0.3 is 6.09 Å². The van der Waals surface area contributed by atoms with E-state index in [1.807, 2.05) is 11.8 Å². The van der Waals surface area contributed by atoms with Crippen molar-refractivity contribution in [3.8, 4) is 0 Å². The largest absolute Gasteiger partial charge is 0.450 e. The summed E-state index contributed by atoms with van der Waals surface area (Å²) in [5.74, 6) is 0.382. The molecule has 3 heterocycles. The fraction of sp³-hybridized carbons (Fsp3) is 0.900. The van der Waals surface area contributed by atoms with Gasteiger partial charge in [0.2, 0.25) is 0 Å². The van der Waals surface area contributed by atoms with Crippen molar-refractivity contribution in [1.29, 1.82) is 0 Å². The van der Waals surface area contributed by atoms with Gasteiger partial charge in [0.05, 0.1) is 19.8 Å². The van der Waals surface area contributed by atoms with Crippen LogP contribution in [0.4, 0.5) is 4.79 Å². The topological polar surface area (TPSA) is 85.1 Å². The van der Waals surface area contributed by atoms with Crippen LogP contribution in [0.3, 0.4) is 0 Å². The Labute approximate surface area is 161 Å². The van der Waals surface area contributed by atoms with E-state index in [-0.39, 0.29) is 16.9 Å². The number of ether oxygens (including phenoxy) is 2. The summed E-state index contributed by atoms with van der Waals surface area (Å²) in [6.45, 7) is 6.86. The van der Waals surface area contributed by atoms with Gasteiger partial charge in [0.15, 0.2) is 0 Å². The fourth-order valence-electron chi connectivity index (χ4n) is 5.61. The zero-order valence-electron chi connectivity index (χ0n) is 16.5. The second-order valence-corrected chi connectivity index (χ2v) is 9.22. The van der Waals surface area contributed by atoms with Crippen molar-refractivity contribution < 1.29 is 19.1 Å². The van der Waals surface area contributed by atoms with E-state index in [9.17, 15) is 9.59 Å². The first-order valence-electron chi connectivity index (χ1n) is 10.5. The highest BCUT2D eigenvalue weighted by atomic mass is 16.6. The number of ketones is 1. The number of Topliss-reactive ketones (excluding diaryl/α,β-unsaturated/α-hetero) is 1. The van der Waals surface area contributed by atoms with Crippen molar-refractivity contribution in [2.45, 2.75) is 57.5 Å². The van der Waals surface area contributed by atoms with E-state index in [0.717, 1.165) is 58.5 Å². The number of nitrogens with two attached hydrogens (primary N) is 1. The van der Waals surface area contributed by atoms with Gasteiger partial charge in [0, 0.05) is 56.5 Å². The average Bonchev–Trinajstić information content (AvgIpc) is 3.03. The lowest BCUT2D eigenvalue weighted by Crippen LogP contribution is -2.60. The van der Waals surface area contributed by atoms with Crippen molar-refractivity contribution in [1.82, 2.24) is 9.80 Å². The van der Waals surface area contributed by atoms with Crippen molar-refractivity contribution >= 4 is 11.9 Å². The molecule has 7 heteroatoms. The summed E-state index contributed by atoms with van der Waals surface area (Å²) in [7, 11) is 0. The highest BCUT2D eigenvalue weighted by Crippen LogP contribution is 2.51. The van der Waals surface area contributed by atoms with Crippen LogP contribution in [0.15, 0.2) is 0 Å². The Morgan fingerprint density at radius 2 is 2.11 bits per heavy atom. The molecule has 3 aliphatic heterocycles. The maximum atomic E-state index is 12.1. The van der Waals surface area contributed by atoms with Gasteiger partial charge in [-0.2, -0.15) is 0 Å². The Morgan fingerprint density at radius 3 is 2.74 bits per heavy atom. The minimum Gasteiger partial charge on any atom is -0.450 e. The lowest BCUT2D eigenvalue weighted by Gasteiger charge is -2.55. The van der Waals surface area contributed by atoms with Gasteiger partial charge in [-0.3, -0.25) is 9.69 Å². The first-order chi connectivity index (χ1) is 13.0. The molecule has 4 fully saturated rings. The van der Waals surface area contributed by atoms with Gasteiger partial charge < -0.3 is 20.1 Å². The number of hydrogen-bond acceptors (Lipinski definition) is 6. The van der Waals surface area contributed by atoms with Crippen LogP contribution in [0.25, 0.3) is 0 Å². The Kier molecular flexibility index (Phi) is 5.20. The fourth-order valence-corrected chi connectivity index (χ4v) is 5.61. The normalized spacial score (nSPS) is 35.8. The summed E-state index contributed by atoms with van der Waals surface area (Å²) in [5, 5.41) is 0. The summed E-state index contributed by atoms with van der Waals surface area (Å²) in [4.78, 5) is 28.6. The smallest absolute Gasteiger partial charge is 0.409 e. The third-order valence-electron chi connectivity index (χ3n) is 7.27. The Morgan fingerprint density at radius 1 is 1.33 bits per heavy atom. The number of carbonyl (C=O) groups excluding carboxylic acids is 2. The molecule has 0 bridgehead atoms. The summed E-state index contributed by atoms with van der Waals surface area (Å²) in [5.41, 5.74) is 6.34. The van der Waals surface area contributed by atoms with Gasteiger partial charge in [-0.25, -0.2) is 4.79 Å². The zero-order valence-corrected chi connectivity index (χ0v) is 16.5. The predicted octanol–water partition coefficient (Wildman–Crippen LogP) is 1.40. The molecule has 2 N–H and O–H groups in total. The number of hydrogen-bond donors (Lipinski definition) is 1. The van der Waals surface area contributed by atoms with E-state index in [1.54, 1.807) is 0 Å². The highest BCUT2D eigenvalue weighted by molar-refractivity contribution is 5.80. The monoisotopic (exact) mass is 379 g/mol. The second kappa shape index (κ2) is 7.33. The van der Waals surface area contributed by atoms with Crippen molar-refractivity contribution in [3.05, 3.63) is 0 Å². The molecule has 3 saturated heterocycles. The lowest BCUT2D eigenvalue weighted by molar-refractivity contribution is -0.141. The molecule has 1 amide bonds. The van der Waals surface area contributed by atoms with E-state index in [0.29, 0.717) is 43.9 Å². The third kappa shape index (κ3) is 3.61. The zero-order chi connectivity index (χ0) is 19.1. The minimum atomic E-state index is -0.172. The first kappa shape index (κ1) is 19.2. The maximum Gasteiger partial charge on any atom is 0.409 e. The Bertz CT molecular complexity index is 580. The number of carbonyl (C=O) groups is 2. The molecule has 0 radical (unpaired) electrons. The van der Waals surface area contributed by atoms with Gasteiger partial charge in [-0.1, -0.05) is 0 Å². The van der Waals surface area contributed by atoms with Gasteiger partial charge in [-0.15, -0.1) is 0 Å². The van der Waals surface area contributed by atoms with Crippen LogP contribution in [0, 0.1) is 10.8 Å². The number of amides is 1. The Hall–Kier alpha value is -1.18. The molecular weight excluding hydrogens is 346 g/mol. The molecule has 27 heavy (non-hydrogen) atoms. The minimum absolute atomic E-state index is 0.0655. The molecule has 4 rings (SSSR count). The summed E-state index contributed by atoms with van der Waals surface area (Å²) < 4.78 is 10.6. The number of nitrogens with zero attached hydrogens (tertiary/aromatic N) is 2. The van der Waals surface area contributed by atoms with E-state index < -0.39 is 0 Å². The molecule has 152 valence electrons. The van der Waals surface area contributed by atoms with E-state index in [1.165, 1.54) is 0 Å². The van der Waals surface area contributed by atoms with Crippen LogP contribution in [-0.2, 0) is 14.3 Å². The molecule has 1 atom stereocenters. The average molecular weight is 380 g/mol. The van der Waals surface area contributed by atoms with Gasteiger partial charge in [-0.05, 0) is 38.0 Å². The van der Waals surface area contributed by atoms with Crippen LogP contribution in [0.1, 0.15) is 45.4 Å². The van der Waals surface area contributed by atoms with Crippen molar-refractivity contribution in [2.24, 2.45) is 16.6 Å². The molecular formula is C20H33N3O4. The highest BCUT2D eigenvalue weighted by Gasteiger charge is 2.53. The molecule has 1 unspecified atom stereocenters. The Balaban J connectivity index is 1.36. The number of rotatable bonds is 5. The molecule has 1 spiro atoms. The number of likely N-dealkylation sites (tertiary alicyclic amines) is 2. The predicted molar refractivity (Wildman–Crippen MR) is 100 cm³/mol. The second-order valence-electron chi connectivity index (χ2n) is 9.22.